The Morgan fingerprint density at radius 2 is 1.93 bits per heavy atom. The fraction of sp³-hybridized carbons (Fsp3) is 0.241. The van der Waals surface area contributed by atoms with E-state index in [-0.39, 0.29) is 36.1 Å². The summed E-state index contributed by atoms with van der Waals surface area (Å²) in [7, 11) is 0. The minimum absolute atomic E-state index is 0.0322. The summed E-state index contributed by atoms with van der Waals surface area (Å²) in [6.45, 7) is 4.17. The molecule has 1 heterocycles. The molecule has 4 rings (SSSR count). The van der Waals surface area contributed by atoms with Gasteiger partial charge in [-0.2, -0.15) is 0 Å². The van der Waals surface area contributed by atoms with Crippen molar-refractivity contribution >= 4 is 57.9 Å². The van der Waals surface area contributed by atoms with Crippen LogP contribution in [0.4, 0.5) is 15.8 Å². The van der Waals surface area contributed by atoms with E-state index >= 15 is 4.39 Å². The van der Waals surface area contributed by atoms with E-state index < -0.39 is 11.7 Å². The first-order valence-electron chi connectivity index (χ1n) is 12.9. The summed E-state index contributed by atoms with van der Waals surface area (Å²) in [6, 6.07) is 16.9. The zero-order valence-corrected chi connectivity index (χ0v) is 24.9. The van der Waals surface area contributed by atoms with Gasteiger partial charge in [-0.25, -0.2) is 4.39 Å². The van der Waals surface area contributed by atoms with Gasteiger partial charge in [0.15, 0.2) is 15.9 Å². The monoisotopic (exact) mass is 613 g/mol. The van der Waals surface area contributed by atoms with Gasteiger partial charge < -0.3 is 15.8 Å². The predicted octanol–water partition coefficient (Wildman–Crippen LogP) is 6.42. The summed E-state index contributed by atoms with van der Waals surface area (Å²) in [5.41, 5.74) is 7.37. The Balaban J connectivity index is 1.74. The van der Waals surface area contributed by atoms with Crippen molar-refractivity contribution in [2.24, 2.45) is 5.73 Å². The lowest BCUT2D eigenvalue weighted by molar-refractivity contribution is -0.120. The van der Waals surface area contributed by atoms with Gasteiger partial charge in [-0.1, -0.05) is 65.9 Å². The minimum Gasteiger partial charge on any atom is -0.455 e. The number of hydrogen-bond donors (Lipinski definition) is 2. The van der Waals surface area contributed by atoms with Gasteiger partial charge in [0.05, 0.1) is 17.1 Å². The van der Waals surface area contributed by atoms with Gasteiger partial charge in [-0.05, 0) is 54.8 Å². The van der Waals surface area contributed by atoms with E-state index in [1.165, 1.54) is 34.1 Å². The zero-order valence-electron chi connectivity index (χ0n) is 22.5. The van der Waals surface area contributed by atoms with Crippen LogP contribution in [0.2, 0.25) is 5.02 Å². The van der Waals surface area contributed by atoms with Gasteiger partial charge in [-0.15, -0.1) is 10.2 Å². The standard InChI is InChI=1S/C29H29ClFN5O3S2/c1-3-26(37)33-13-12-20-7-5-9-24(28(20)31)36(27(38)17-40-29-35-34-18(2)41-29)23-11-10-21(30)15-25(23)39-22-8-4-6-19(14-22)16-32/h4-11,14-15H,3,12-13,16-17,32H2,1-2H3,(H,33,37). The molecule has 2 amide bonds. The van der Waals surface area contributed by atoms with Crippen molar-refractivity contribution in [3.8, 4) is 11.5 Å². The van der Waals surface area contributed by atoms with Gasteiger partial charge in [0.1, 0.15) is 10.8 Å². The number of aromatic nitrogens is 2. The fourth-order valence-corrected chi connectivity index (χ4v) is 5.76. The van der Waals surface area contributed by atoms with E-state index in [1.807, 2.05) is 19.1 Å². The molecule has 0 saturated carbocycles. The Labute approximate surface area is 251 Å². The first-order valence-corrected chi connectivity index (χ1v) is 15.0. The molecule has 0 aliphatic rings. The number of benzene rings is 3. The van der Waals surface area contributed by atoms with Crippen molar-refractivity contribution in [2.75, 3.05) is 17.2 Å². The molecule has 0 radical (unpaired) electrons. The van der Waals surface area contributed by atoms with E-state index in [0.29, 0.717) is 39.3 Å². The third-order valence-corrected chi connectivity index (χ3v) is 8.13. The van der Waals surface area contributed by atoms with Crippen molar-refractivity contribution < 1.29 is 18.7 Å². The summed E-state index contributed by atoms with van der Waals surface area (Å²) < 4.78 is 22.9. The number of halogens is 2. The molecule has 0 atom stereocenters. The van der Waals surface area contributed by atoms with E-state index in [4.69, 9.17) is 22.1 Å². The minimum atomic E-state index is -0.575. The molecule has 0 unspecified atom stereocenters. The highest BCUT2D eigenvalue weighted by molar-refractivity contribution is 8.01. The van der Waals surface area contributed by atoms with Crippen LogP contribution in [0.5, 0.6) is 11.5 Å². The Morgan fingerprint density at radius 3 is 2.66 bits per heavy atom. The van der Waals surface area contributed by atoms with E-state index in [2.05, 4.69) is 15.5 Å². The van der Waals surface area contributed by atoms with Crippen molar-refractivity contribution in [2.45, 2.75) is 37.6 Å². The lowest BCUT2D eigenvalue weighted by atomic mass is 10.1. The van der Waals surface area contributed by atoms with Gasteiger partial charge >= 0.3 is 0 Å². The molecular weight excluding hydrogens is 585 g/mol. The Kier molecular flexibility index (Phi) is 10.7. The van der Waals surface area contributed by atoms with E-state index in [1.54, 1.807) is 49.4 Å². The highest BCUT2D eigenvalue weighted by atomic mass is 35.5. The first kappa shape index (κ1) is 30.4. The summed E-state index contributed by atoms with van der Waals surface area (Å²) in [4.78, 5) is 26.8. The Bertz CT molecular complexity index is 1530. The molecule has 3 N–H and O–H groups in total. The number of carbonyl (C=O) groups is 2. The average molecular weight is 614 g/mol. The largest absolute Gasteiger partial charge is 0.455 e. The topological polar surface area (TPSA) is 110 Å². The molecule has 0 aliphatic heterocycles. The predicted molar refractivity (Wildman–Crippen MR) is 162 cm³/mol. The first-order chi connectivity index (χ1) is 19.8. The number of carbonyl (C=O) groups excluding carboxylic acids is 2. The second-order valence-electron chi connectivity index (χ2n) is 8.87. The molecule has 214 valence electrons. The summed E-state index contributed by atoms with van der Waals surface area (Å²) in [5.74, 6) is -0.380. The lowest BCUT2D eigenvalue weighted by Gasteiger charge is -2.26. The number of aryl methyl sites for hydroxylation is 1. The van der Waals surface area contributed by atoms with Crippen molar-refractivity contribution in [1.29, 1.82) is 0 Å². The summed E-state index contributed by atoms with van der Waals surface area (Å²) in [6.07, 6.45) is 0.590. The molecule has 0 aliphatic carbocycles. The van der Waals surface area contributed by atoms with Crippen LogP contribution in [0.15, 0.2) is 65.0 Å². The lowest BCUT2D eigenvalue weighted by Crippen LogP contribution is -2.29. The van der Waals surface area contributed by atoms with Crippen LogP contribution < -0.4 is 20.7 Å². The molecule has 1 aromatic heterocycles. The molecule has 3 aromatic carbocycles. The van der Waals surface area contributed by atoms with Crippen LogP contribution >= 0.6 is 34.7 Å². The molecule has 4 aromatic rings. The normalized spacial score (nSPS) is 10.9. The molecule has 0 fully saturated rings. The van der Waals surface area contributed by atoms with Crippen molar-refractivity contribution in [3.05, 3.63) is 87.6 Å². The van der Waals surface area contributed by atoms with Crippen LogP contribution in [-0.2, 0) is 22.6 Å². The second kappa shape index (κ2) is 14.4. The van der Waals surface area contributed by atoms with Crippen LogP contribution in [0.25, 0.3) is 0 Å². The maximum absolute atomic E-state index is 16.1. The number of thioether (sulfide) groups is 1. The quantitative estimate of drug-likeness (QED) is 0.178. The molecule has 0 spiro atoms. The zero-order chi connectivity index (χ0) is 29.4. The number of amides is 2. The molecule has 41 heavy (non-hydrogen) atoms. The number of hydrogen-bond acceptors (Lipinski definition) is 8. The van der Waals surface area contributed by atoms with Crippen LogP contribution in [-0.4, -0.2) is 34.3 Å². The molecular formula is C29H29ClFN5O3S2. The number of nitrogens with two attached hydrogens (primary N) is 1. The molecule has 8 nitrogen and oxygen atoms in total. The third kappa shape index (κ3) is 8.04. The van der Waals surface area contributed by atoms with Gasteiger partial charge in [0.2, 0.25) is 11.8 Å². The molecule has 0 saturated heterocycles. The van der Waals surface area contributed by atoms with E-state index in [9.17, 15) is 9.59 Å². The molecule has 0 bridgehead atoms. The fourth-order valence-electron chi connectivity index (χ4n) is 3.93. The summed E-state index contributed by atoms with van der Waals surface area (Å²) in [5, 5.41) is 12.0. The van der Waals surface area contributed by atoms with Crippen LogP contribution in [0.1, 0.15) is 29.5 Å². The maximum atomic E-state index is 16.1. The number of anilines is 2. The third-order valence-electron chi connectivity index (χ3n) is 5.94. The Morgan fingerprint density at radius 1 is 1.12 bits per heavy atom. The number of nitrogens with one attached hydrogen (secondary N) is 1. The van der Waals surface area contributed by atoms with E-state index in [0.717, 1.165) is 10.6 Å². The highest BCUT2D eigenvalue weighted by Crippen LogP contribution is 2.40. The Hall–Kier alpha value is -3.51. The average Bonchev–Trinajstić information content (AvgIpc) is 3.39. The second-order valence-corrected chi connectivity index (χ2v) is 11.7. The number of nitrogens with zero attached hydrogens (tertiary/aromatic N) is 3. The van der Waals surface area contributed by atoms with Crippen LogP contribution in [0, 0.1) is 12.7 Å². The smallest absolute Gasteiger partial charge is 0.242 e. The SMILES string of the molecule is CCC(=O)NCCc1cccc(N(C(=O)CSc2nnc(C)s2)c2ccc(Cl)cc2Oc2cccc(CN)c2)c1F. The number of rotatable bonds is 12. The van der Waals surface area contributed by atoms with Crippen LogP contribution in [0.3, 0.4) is 0 Å². The maximum Gasteiger partial charge on any atom is 0.242 e. The summed E-state index contributed by atoms with van der Waals surface area (Å²) >= 11 is 8.93. The van der Waals surface area contributed by atoms with Gasteiger partial charge in [-0.3, -0.25) is 14.5 Å². The number of ether oxygens (including phenoxy) is 1. The van der Waals surface area contributed by atoms with Gasteiger partial charge in [0, 0.05) is 30.6 Å². The van der Waals surface area contributed by atoms with Crippen molar-refractivity contribution in [1.82, 2.24) is 15.5 Å². The van der Waals surface area contributed by atoms with Crippen molar-refractivity contribution in [3.63, 3.8) is 0 Å². The highest BCUT2D eigenvalue weighted by Gasteiger charge is 2.26. The molecule has 12 heteroatoms. The van der Waals surface area contributed by atoms with Gasteiger partial charge in [0.25, 0.3) is 0 Å².